The lowest BCUT2D eigenvalue weighted by Gasteiger charge is -2.09. The molecule has 1 rings (SSSR count). The van der Waals surface area contributed by atoms with E-state index in [4.69, 9.17) is 10.5 Å². The zero-order valence-corrected chi connectivity index (χ0v) is 8.68. The molecule has 1 aromatic carbocycles. The number of esters is 1. The molecule has 4 nitrogen and oxygen atoms in total. The summed E-state index contributed by atoms with van der Waals surface area (Å²) in [6, 6.07) is 8.98. The van der Waals surface area contributed by atoms with Gasteiger partial charge in [0.25, 0.3) is 0 Å². The summed E-state index contributed by atoms with van der Waals surface area (Å²) >= 11 is 0. The maximum atomic E-state index is 10.9. The summed E-state index contributed by atoms with van der Waals surface area (Å²) < 4.78 is 9.75. The van der Waals surface area contributed by atoms with Crippen LogP contribution >= 0.6 is 0 Å². The Morgan fingerprint density at radius 2 is 2.07 bits per heavy atom. The summed E-state index contributed by atoms with van der Waals surface area (Å²) in [5.74, 6) is -0.455. The lowest BCUT2D eigenvalue weighted by molar-refractivity contribution is -0.143. The van der Waals surface area contributed by atoms with Crippen molar-refractivity contribution >= 4 is 5.97 Å². The summed E-state index contributed by atoms with van der Waals surface area (Å²) in [6.45, 7) is 0.618. The van der Waals surface area contributed by atoms with E-state index in [0.29, 0.717) is 6.61 Å². The first kappa shape index (κ1) is 11.7. The SMILES string of the molecule is COC(=O)[C@@H](N)COCc1ccccc1. The van der Waals surface area contributed by atoms with Gasteiger partial charge in [-0.15, -0.1) is 0 Å². The average Bonchev–Trinajstić information content (AvgIpc) is 2.29. The largest absolute Gasteiger partial charge is 0.468 e. The number of hydrogen-bond donors (Lipinski definition) is 1. The fraction of sp³-hybridized carbons (Fsp3) is 0.364. The predicted octanol–water partition coefficient (Wildman–Crippen LogP) is 0.703. The Morgan fingerprint density at radius 3 is 2.67 bits per heavy atom. The molecule has 0 heterocycles. The highest BCUT2D eigenvalue weighted by Crippen LogP contribution is 2.00. The molecule has 0 radical (unpaired) electrons. The monoisotopic (exact) mass is 209 g/mol. The fourth-order valence-electron chi connectivity index (χ4n) is 1.10. The number of ether oxygens (including phenoxy) is 2. The Balaban J connectivity index is 2.25. The standard InChI is InChI=1S/C11H15NO3/c1-14-11(13)10(12)8-15-7-9-5-3-2-4-6-9/h2-6,10H,7-8,12H2,1H3/t10-/m0/s1. The molecule has 1 aromatic rings. The molecular formula is C11H15NO3. The van der Waals surface area contributed by atoms with E-state index >= 15 is 0 Å². The number of nitrogens with two attached hydrogens (primary N) is 1. The molecule has 0 aliphatic rings. The van der Waals surface area contributed by atoms with Gasteiger partial charge in [-0.25, -0.2) is 0 Å². The number of benzene rings is 1. The van der Waals surface area contributed by atoms with E-state index in [2.05, 4.69) is 4.74 Å². The highest BCUT2D eigenvalue weighted by atomic mass is 16.5. The van der Waals surface area contributed by atoms with Gasteiger partial charge in [-0.3, -0.25) is 4.79 Å². The lowest BCUT2D eigenvalue weighted by Crippen LogP contribution is -2.36. The van der Waals surface area contributed by atoms with Gasteiger partial charge in [-0.2, -0.15) is 0 Å². The van der Waals surface area contributed by atoms with Gasteiger partial charge in [0, 0.05) is 0 Å². The lowest BCUT2D eigenvalue weighted by atomic mass is 10.2. The Hall–Kier alpha value is -1.39. The minimum Gasteiger partial charge on any atom is -0.468 e. The van der Waals surface area contributed by atoms with Crippen LogP contribution in [-0.4, -0.2) is 25.7 Å². The van der Waals surface area contributed by atoms with Crippen LogP contribution in [0.25, 0.3) is 0 Å². The molecule has 0 aliphatic carbocycles. The maximum Gasteiger partial charge on any atom is 0.325 e. The Kier molecular flexibility index (Phi) is 4.80. The second-order valence-corrected chi connectivity index (χ2v) is 3.13. The Labute approximate surface area is 89.0 Å². The van der Waals surface area contributed by atoms with E-state index in [1.165, 1.54) is 7.11 Å². The second kappa shape index (κ2) is 6.16. The molecule has 1 atom stereocenters. The van der Waals surface area contributed by atoms with Crippen LogP contribution in [0.3, 0.4) is 0 Å². The van der Waals surface area contributed by atoms with Gasteiger partial charge in [0.1, 0.15) is 6.04 Å². The molecule has 0 spiro atoms. The molecule has 2 N–H and O–H groups in total. The third-order valence-corrected chi connectivity index (χ3v) is 1.91. The minimum absolute atomic E-state index is 0.168. The van der Waals surface area contributed by atoms with Gasteiger partial charge in [-0.05, 0) is 5.56 Å². The van der Waals surface area contributed by atoms with Crippen LogP contribution < -0.4 is 5.73 Å². The molecular weight excluding hydrogens is 194 g/mol. The molecule has 0 fully saturated rings. The summed E-state index contributed by atoms with van der Waals surface area (Å²) in [6.07, 6.45) is 0. The van der Waals surface area contributed by atoms with Crippen LogP contribution in [0.1, 0.15) is 5.56 Å². The van der Waals surface area contributed by atoms with Gasteiger partial charge >= 0.3 is 5.97 Å². The third kappa shape index (κ3) is 4.10. The maximum absolute atomic E-state index is 10.9. The van der Waals surface area contributed by atoms with Crippen molar-refractivity contribution in [3.63, 3.8) is 0 Å². The van der Waals surface area contributed by atoms with Gasteiger partial charge in [0.2, 0.25) is 0 Å². The summed E-state index contributed by atoms with van der Waals surface area (Å²) in [5.41, 5.74) is 6.54. The molecule has 0 aromatic heterocycles. The van der Waals surface area contributed by atoms with Crippen LogP contribution in [0.5, 0.6) is 0 Å². The van der Waals surface area contributed by atoms with Crippen LogP contribution in [0.2, 0.25) is 0 Å². The van der Waals surface area contributed by atoms with E-state index in [9.17, 15) is 4.79 Å². The van der Waals surface area contributed by atoms with Gasteiger partial charge in [0.05, 0.1) is 20.3 Å². The van der Waals surface area contributed by atoms with Crippen molar-refractivity contribution in [1.82, 2.24) is 0 Å². The number of methoxy groups -OCH3 is 1. The van der Waals surface area contributed by atoms with Crippen molar-refractivity contribution in [2.45, 2.75) is 12.6 Å². The van der Waals surface area contributed by atoms with Crippen LogP contribution in [0, 0.1) is 0 Å². The Bertz CT molecular complexity index is 300. The topological polar surface area (TPSA) is 61.5 Å². The number of rotatable bonds is 5. The van der Waals surface area contributed by atoms with Crippen LogP contribution in [0.4, 0.5) is 0 Å². The van der Waals surface area contributed by atoms with Crippen molar-refractivity contribution in [3.05, 3.63) is 35.9 Å². The van der Waals surface area contributed by atoms with Gasteiger partial charge < -0.3 is 15.2 Å². The summed E-state index contributed by atoms with van der Waals surface area (Å²) in [7, 11) is 1.30. The van der Waals surface area contributed by atoms with E-state index in [1.54, 1.807) is 0 Å². The molecule has 15 heavy (non-hydrogen) atoms. The second-order valence-electron chi connectivity index (χ2n) is 3.13. The van der Waals surface area contributed by atoms with Crippen LogP contribution in [-0.2, 0) is 20.9 Å². The third-order valence-electron chi connectivity index (χ3n) is 1.91. The number of hydrogen-bond acceptors (Lipinski definition) is 4. The van der Waals surface area contributed by atoms with E-state index in [-0.39, 0.29) is 6.61 Å². The highest BCUT2D eigenvalue weighted by molar-refractivity contribution is 5.75. The molecule has 0 aliphatic heterocycles. The van der Waals surface area contributed by atoms with Crippen molar-refractivity contribution in [1.29, 1.82) is 0 Å². The summed E-state index contributed by atoms with van der Waals surface area (Å²) in [5, 5.41) is 0. The minimum atomic E-state index is -0.710. The first-order chi connectivity index (χ1) is 7.24. The van der Waals surface area contributed by atoms with Gasteiger partial charge in [0.15, 0.2) is 0 Å². The molecule has 0 saturated carbocycles. The van der Waals surface area contributed by atoms with Crippen molar-refractivity contribution in [3.8, 4) is 0 Å². The zero-order valence-electron chi connectivity index (χ0n) is 8.68. The first-order valence-corrected chi connectivity index (χ1v) is 4.69. The van der Waals surface area contributed by atoms with E-state index in [1.807, 2.05) is 30.3 Å². The fourth-order valence-corrected chi connectivity index (χ4v) is 1.10. The van der Waals surface area contributed by atoms with Crippen molar-refractivity contribution in [2.24, 2.45) is 5.73 Å². The van der Waals surface area contributed by atoms with E-state index < -0.39 is 12.0 Å². The van der Waals surface area contributed by atoms with Crippen molar-refractivity contribution in [2.75, 3.05) is 13.7 Å². The van der Waals surface area contributed by atoms with Crippen LogP contribution in [0.15, 0.2) is 30.3 Å². The van der Waals surface area contributed by atoms with E-state index in [0.717, 1.165) is 5.56 Å². The predicted molar refractivity (Wildman–Crippen MR) is 56.1 cm³/mol. The first-order valence-electron chi connectivity index (χ1n) is 4.69. The summed E-state index contributed by atoms with van der Waals surface area (Å²) in [4.78, 5) is 10.9. The number of carbonyl (C=O) groups excluding carboxylic acids is 1. The average molecular weight is 209 g/mol. The Morgan fingerprint density at radius 1 is 1.40 bits per heavy atom. The molecule has 0 bridgehead atoms. The zero-order chi connectivity index (χ0) is 11.1. The normalized spacial score (nSPS) is 12.1. The molecule has 82 valence electrons. The molecule has 0 amide bonds. The van der Waals surface area contributed by atoms with Gasteiger partial charge in [-0.1, -0.05) is 30.3 Å². The smallest absolute Gasteiger partial charge is 0.325 e. The molecule has 0 unspecified atom stereocenters. The number of carbonyl (C=O) groups is 1. The molecule has 4 heteroatoms. The molecule has 0 saturated heterocycles. The highest BCUT2D eigenvalue weighted by Gasteiger charge is 2.13. The quantitative estimate of drug-likeness (QED) is 0.725. The van der Waals surface area contributed by atoms with Crippen molar-refractivity contribution < 1.29 is 14.3 Å².